The van der Waals surface area contributed by atoms with Gasteiger partial charge >= 0.3 is 0 Å². The van der Waals surface area contributed by atoms with Gasteiger partial charge in [0.1, 0.15) is 17.3 Å². The number of aliphatic hydroxyl groups excluding tert-OH is 1. The van der Waals surface area contributed by atoms with E-state index in [1.54, 1.807) is 30.3 Å². The molecule has 0 aliphatic carbocycles. The van der Waals surface area contributed by atoms with Crippen LogP contribution in [0, 0.1) is 5.82 Å². The zero-order valence-corrected chi connectivity index (χ0v) is 12.0. The lowest BCUT2D eigenvalue weighted by atomic mass is 10.1. The molecule has 2 nitrogen and oxygen atoms in total. The first-order valence-electron chi connectivity index (χ1n) is 6.00. The van der Waals surface area contributed by atoms with Gasteiger partial charge in [-0.05, 0) is 36.2 Å². The second-order valence-corrected chi connectivity index (χ2v) is 5.12. The smallest absolute Gasteiger partial charge is 0.131 e. The molecule has 0 aliphatic rings. The number of halogens is 2. The Kier molecular flexibility index (Phi) is 4.56. The van der Waals surface area contributed by atoms with E-state index in [1.807, 2.05) is 6.92 Å². The number of hydrogen-bond acceptors (Lipinski definition) is 2. The quantitative estimate of drug-likeness (QED) is 0.873. The van der Waals surface area contributed by atoms with Gasteiger partial charge in [0.05, 0.1) is 6.10 Å². The van der Waals surface area contributed by atoms with Crippen LogP contribution in [0.25, 0.3) is 0 Å². The van der Waals surface area contributed by atoms with Crippen LogP contribution < -0.4 is 4.74 Å². The molecule has 0 saturated carbocycles. The zero-order valence-electron chi connectivity index (χ0n) is 10.4. The molecule has 2 aromatic rings. The molecule has 0 fully saturated rings. The van der Waals surface area contributed by atoms with Crippen molar-refractivity contribution in [3.05, 3.63) is 58.3 Å². The molecule has 0 amide bonds. The molecule has 100 valence electrons. The summed E-state index contributed by atoms with van der Waals surface area (Å²) in [6.07, 6.45) is 0.203. The van der Waals surface area contributed by atoms with E-state index < -0.39 is 6.10 Å². The first kappa shape index (κ1) is 14.0. The second kappa shape index (κ2) is 6.17. The van der Waals surface area contributed by atoms with Crippen LogP contribution in [-0.2, 0) is 0 Å². The standard InChI is InChI=1S/C15H14BrFO2/c1-2-15(18)10-3-5-13(6-4-10)19-14-8-11(16)7-12(17)9-14/h3-9,15,18H,2H2,1H3/t15-/m1/s1. The average molecular weight is 325 g/mol. The van der Waals surface area contributed by atoms with Crippen LogP contribution in [-0.4, -0.2) is 5.11 Å². The molecule has 0 radical (unpaired) electrons. The Morgan fingerprint density at radius 1 is 1.16 bits per heavy atom. The monoisotopic (exact) mass is 324 g/mol. The van der Waals surface area contributed by atoms with E-state index in [9.17, 15) is 9.50 Å². The van der Waals surface area contributed by atoms with Gasteiger partial charge in [0.15, 0.2) is 0 Å². The van der Waals surface area contributed by atoms with Crippen LogP contribution in [0.2, 0.25) is 0 Å². The van der Waals surface area contributed by atoms with E-state index in [0.29, 0.717) is 22.4 Å². The summed E-state index contributed by atoms with van der Waals surface area (Å²) >= 11 is 3.21. The van der Waals surface area contributed by atoms with Crippen molar-refractivity contribution < 1.29 is 14.2 Å². The Morgan fingerprint density at radius 2 is 1.84 bits per heavy atom. The Hall–Kier alpha value is -1.39. The Balaban J connectivity index is 2.15. The van der Waals surface area contributed by atoms with Gasteiger partial charge in [0, 0.05) is 10.5 Å². The minimum Gasteiger partial charge on any atom is -0.457 e. The van der Waals surface area contributed by atoms with Crippen LogP contribution in [0.15, 0.2) is 46.9 Å². The lowest BCUT2D eigenvalue weighted by molar-refractivity contribution is 0.173. The van der Waals surface area contributed by atoms with Crippen molar-refractivity contribution in [2.24, 2.45) is 0 Å². The minimum atomic E-state index is -0.461. The Bertz CT molecular complexity index is 534. The molecule has 4 heteroatoms. The molecule has 0 bridgehead atoms. The molecule has 1 N–H and O–H groups in total. The van der Waals surface area contributed by atoms with Crippen molar-refractivity contribution in [1.82, 2.24) is 0 Å². The molecule has 0 saturated heterocycles. The number of benzene rings is 2. The first-order chi connectivity index (χ1) is 9.08. The van der Waals surface area contributed by atoms with Crippen LogP contribution in [0.3, 0.4) is 0 Å². The van der Waals surface area contributed by atoms with Crippen molar-refractivity contribution in [3.63, 3.8) is 0 Å². The number of ether oxygens (including phenoxy) is 1. The lowest BCUT2D eigenvalue weighted by Gasteiger charge is -2.10. The summed E-state index contributed by atoms with van der Waals surface area (Å²) in [5.41, 5.74) is 0.843. The van der Waals surface area contributed by atoms with Crippen LogP contribution in [0.1, 0.15) is 25.0 Å². The Morgan fingerprint density at radius 3 is 2.42 bits per heavy atom. The average Bonchev–Trinajstić information content (AvgIpc) is 2.37. The van der Waals surface area contributed by atoms with E-state index in [2.05, 4.69) is 15.9 Å². The first-order valence-corrected chi connectivity index (χ1v) is 6.79. The molecular formula is C15H14BrFO2. The topological polar surface area (TPSA) is 29.5 Å². The van der Waals surface area contributed by atoms with Gasteiger partial charge < -0.3 is 9.84 Å². The Labute approximate surface area is 120 Å². The summed E-state index contributed by atoms with van der Waals surface area (Å²) in [6.45, 7) is 1.92. The summed E-state index contributed by atoms with van der Waals surface area (Å²) in [6, 6.07) is 11.5. The summed E-state index contributed by atoms with van der Waals surface area (Å²) in [5, 5.41) is 9.69. The summed E-state index contributed by atoms with van der Waals surface area (Å²) in [7, 11) is 0. The van der Waals surface area contributed by atoms with Crippen molar-refractivity contribution in [2.45, 2.75) is 19.4 Å². The number of aliphatic hydroxyl groups is 1. The third-order valence-electron chi connectivity index (χ3n) is 2.72. The van der Waals surface area contributed by atoms with Crippen molar-refractivity contribution in [1.29, 1.82) is 0 Å². The van der Waals surface area contributed by atoms with E-state index in [-0.39, 0.29) is 5.82 Å². The SMILES string of the molecule is CC[C@@H](O)c1ccc(Oc2cc(F)cc(Br)c2)cc1. The fraction of sp³-hybridized carbons (Fsp3) is 0.200. The molecular weight excluding hydrogens is 311 g/mol. The predicted molar refractivity (Wildman–Crippen MR) is 75.9 cm³/mol. The third-order valence-corrected chi connectivity index (χ3v) is 3.18. The molecule has 19 heavy (non-hydrogen) atoms. The lowest BCUT2D eigenvalue weighted by Crippen LogP contribution is -1.94. The number of hydrogen-bond donors (Lipinski definition) is 1. The van der Waals surface area contributed by atoms with Crippen molar-refractivity contribution in [3.8, 4) is 11.5 Å². The maximum atomic E-state index is 13.2. The summed E-state index contributed by atoms with van der Waals surface area (Å²) < 4.78 is 19.4. The summed E-state index contributed by atoms with van der Waals surface area (Å²) in [5.74, 6) is 0.669. The van der Waals surface area contributed by atoms with Crippen LogP contribution in [0.4, 0.5) is 4.39 Å². The van der Waals surface area contributed by atoms with Gasteiger partial charge in [-0.2, -0.15) is 0 Å². The van der Waals surface area contributed by atoms with Gasteiger partial charge in [-0.1, -0.05) is 35.0 Å². The highest BCUT2D eigenvalue weighted by Crippen LogP contribution is 2.27. The highest BCUT2D eigenvalue weighted by molar-refractivity contribution is 9.10. The molecule has 0 aliphatic heterocycles. The van der Waals surface area contributed by atoms with Gasteiger partial charge in [0.2, 0.25) is 0 Å². The fourth-order valence-electron chi connectivity index (χ4n) is 1.72. The van der Waals surface area contributed by atoms with Crippen LogP contribution >= 0.6 is 15.9 Å². The fourth-order valence-corrected chi connectivity index (χ4v) is 2.16. The maximum absolute atomic E-state index is 13.2. The molecule has 0 heterocycles. The summed E-state index contributed by atoms with van der Waals surface area (Å²) in [4.78, 5) is 0. The molecule has 2 aromatic carbocycles. The van der Waals surface area contributed by atoms with E-state index in [1.165, 1.54) is 12.1 Å². The molecule has 0 unspecified atom stereocenters. The van der Waals surface area contributed by atoms with Crippen LogP contribution in [0.5, 0.6) is 11.5 Å². The van der Waals surface area contributed by atoms with Gasteiger partial charge in [-0.15, -0.1) is 0 Å². The second-order valence-electron chi connectivity index (χ2n) is 4.20. The highest BCUT2D eigenvalue weighted by Gasteiger charge is 2.06. The maximum Gasteiger partial charge on any atom is 0.131 e. The molecule has 1 atom stereocenters. The number of rotatable bonds is 4. The van der Waals surface area contributed by atoms with Gasteiger partial charge in [-0.3, -0.25) is 0 Å². The van der Waals surface area contributed by atoms with Gasteiger partial charge in [0.25, 0.3) is 0 Å². The van der Waals surface area contributed by atoms with Crippen molar-refractivity contribution >= 4 is 15.9 Å². The minimum absolute atomic E-state index is 0.359. The third kappa shape index (κ3) is 3.78. The van der Waals surface area contributed by atoms with Crippen molar-refractivity contribution in [2.75, 3.05) is 0 Å². The predicted octanol–water partition coefficient (Wildman–Crippen LogP) is 4.82. The largest absolute Gasteiger partial charge is 0.457 e. The van der Waals surface area contributed by atoms with E-state index in [4.69, 9.17) is 4.74 Å². The zero-order chi connectivity index (χ0) is 13.8. The molecule has 0 spiro atoms. The van der Waals surface area contributed by atoms with Gasteiger partial charge in [-0.25, -0.2) is 4.39 Å². The molecule has 0 aromatic heterocycles. The molecule has 2 rings (SSSR count). The normalized spacial score (nSPS) is 12.2. The van der Waals surface area contributed by atoms with E-state index >= 15 is 0 Å². The van der Waals surface area contributed by atoms with E-state index in [0.717, 1.165) is 5.56 Å². The highest BCUT2D eigenvalue weighted by atomic mass is 79.9.